The first-order valence-electron chi connectivity index (χ1n) is 7.35. The molecule has 118 valence electrons. The summed E-state index contributed by atoms with van der Waals surface area (Å²) in [6.07, 6.45) is 3.96. The molecule has 0 radical (unpaired) electrons. The number of fused-ring (bicyclic) bond motifs is 1. The Hall–Kier alpha value is -2.86. The Bertz CT molecular complexity index is 1050. The van der Waals surface area contributed by atoms with Gasteiger partial charge in [0.25, 0.3) is 5.91 Å². The third-order valence-corrected chi connectivity index (χ3v) is 4.40. The highest BCUT2D eigenvalue weighted by molar-refractivity contribution is 9.10. The van der Waals surface area contributed by atoms with Crippen molar-refractivity contribution >= 4 is 32.9 Å². The first-order valence-corrected chi connectivity index (χ1v) is 8.14. The molecule has 0 atom stereocenters. The quantitative estimate of drug-likeness (QED) is 0.565. The predicted molar refractivity (Wildman–Crippen MR) is 97.1 cm³/mol. The minimum Gasteiger partial charge on any atom is -0.366 e. The summed E-state index contributed by atoms with van der Waals surface area (Å²) in [7, 11) is 0. The molecule has 3 N–H and O–H groups in total. The number of amides is 1. The second-order valence-corrected chi connectivity index (χ2v) is 6.35. The first-order chi connectivity index (χ1) is 11.6. The summed E-state index contributed by atoms with van der Waals surface area (Å²) in [6, 6.07) is 15.4. The number of nitrogens with two attached hydrogens (primary N) is 1. The molecule has 4 rings (SSSR count). The van der Waals surface area contributed by atoms with Crippen LogP contribution in [0.1, 0.15) is 10.4 Å². The highest BCUT2D eigenvalue weighted by Crippen LogP contribution is 2.24. The summed E-state index contributed by atoms with van der Waals surface area (Å²) in [6.45, 7) is 0. The van der Waals surface area contributed by atoms with Crippen LogP contribution < -0.4 is 5.73 Å². The van der Waals surface area contributed by atoms with Crippen LogP contribution in [0.3, 0.4) is 0 Å². The molecule has 0 saturated heterocycles. The topological polar surface area (TPSA) is 76.7 Å². The van der Waals surface area contributed by atoms with E-state index in [-0.39, 0.29) is 0 Å². The zero-order valence-corrected chi connectivity index (χ0v) is 14.1. The van der Waals surface area contributed by atoms with E-state index in [9.17, 15) is 4.79 Å². The van der Waals surface area contributed by atoms with Crippen molar-refractivity contribution in [2.45, 2.75) is 0 Å². The smallest absolute Gasteiger partial charge is 0.250 e. The lowest BCUT2D eigenvalue weighted by Gasteiger charge is -2.02. The van der Waals surface area contributed by atoms with Crippen molar-refractivity contribution in [2.24, 2.45) is 5.73 Å². The molecule has 0 aliphatic heterocycles. The van der Waals surface area contributed by atoms with E-state index in [1.165, 1.54) is 0 Å². The number of imidazole rings is 1. The molecule has 0 fully saturated rings. The maximum absolute atomic E-state index is 11.5. The van der Waals surface area contributed by atoms with Gasteiger partial charge in [0.2, 0.25) is 0 Å². The van der Waals surface area contributed by atoms with Gasteiger partial charge in [-0.05, 0) is 42.5 Å². The molecule has 0 bridgehead atoms. The highest BCUT2D eigenvalue weighted by atomic mass is 79.9. The average molecular weight is 381 g/mol. The number of rotatable bonds is 3. The second kappa shape index (κ2) is 5.65. The van der Waals surface area contributed by atoms with Crippen LogP contribution in [-0.4, -0.2) is 20.4 Å². The fourth-order valence-corrected chi connectivity index (χ4v) is 2.94. The van der Waals surface area contributed by atoms with Gasteiger partial charge in [-0.25, -0.2) is 4.98 Å². The van der Waals surface area contributed by atoms with Crippen LogP contribution in [0.5, 0.6) is 0 Å². The van der Waals surface area contributed by atoms with Crippen molar-refractivity contribution in [1.82, 2.24) is 14.5 Å². The third kappa shape index (κ3) is 2.51. The number of hydrogen-bond acceptors (Lipinski definition) is 2. The van der Waals surface area contributed by atoms with Gasteiger partial charge in [0.05, 0.1) is 11.1 Å². The van der Waals surface area contributed by atoms with E-state index in [0.29, 0.717) is 16.9 Å². The van der Waals surface area contributed by atoms with Gasteiger partial charge in [-0.15, -0.1) is 0 Å². The van der Waals surface area contributed by atoms with Crippen LogP contribution in [0.4, 0.5) is 0 Å². The lowest BCUT2D eigenvalue weighted by molar-refractivity contribution is 0.100. The number of primary amides is 1. The molecule has 5 nitrogen and oxygen atoms in total. The fourth-order valence-electron chi connectivity index (χ4n) is 2.68. The fraction of sp³-hybridized carbons (Fsp3) is 0. The monoisotopic (exact) mass is 380 g/mol. The Balaban J connectivity index is 1.77. The third-order valence-electron chi connectivity index (χ3n) is 3.87. The van der Waals surface area contributed by atoms with Gasteiger partial charge in [-0.1, -0.05) is 22.0 Å². The molecule has 24 heavy (non-hydrogen) atoms. The summed E-state index contributed by atoms with van der Waals surface area (Å²) >= 11 is 3.44. The number of aromatic amines is 1. The Labute approximate surface area is 146 Å². The number of carbonyl (C=O) groups is 1. The minimum atomic E-state index is -0.480. The molecule has 0 saturated carbocycles. The van der Waals surface area contributed by atoms with E-state index in [4.69, 9.17) is 5.73 Å². The number of nitrogens with one attached hydrogen (secondary N) is 1. The van der Waals surface area contributed by atoms with E-state index >= 15 is 0 Å². The number of aromatic nitrogens is 3. The summed E-state index contributed by atoms with van der Waals surface area (Å²) < 4.78 is 3.05. The molecule has 1 amide bonds. The van der Waals surface area contributed by atoms with Gasteiger partial charge in [-0.3, -0.25) is 4.79 Å². The maximum Gasteiger partial charge on any atom is 0.250 e. The lowest BCUT2D eigenvalue weighted by atomic mass is 10.2. The number of para-hydroxylation sites is 1. The highest BCUT2D eigenvalue weighted by Gasteiger charge is 2.12. The number of nitrogens with zero attached hydrogens (tertiary/aromatic N) is 2. The molecular formula is C18H13BrN4O. The average Bonchev–Trinajstić information content (AvgIpc) is 3.21. The minimum absolute atomic E-state index is 0.419. The molecule has 0 aliphatic rings. The summed E-state index contributed by atoms with van der Waals surface area (Å²) in [4.78, 5) is 19.3. The van der Waals surface area contributed by atoms with Crippen molar-refractivity contribution in [3.05, 3.63) is 71.0 Å². The maximum atomic E-state index is 11.5. The molecule has 4 aromatic rings. The van der Waals surface area contributed by atoms with E-state index in [1.807, 2.05) is 53.4 Å². The Morgan fingerprint density at radius 2 is 1.92 bits per heavy atom. The van der Waals surface area contributed by atoms with Gasteiger partial charge in [0.1, 0.15) is 11.3 Å². The molecular weight excluding hydrogens is 368 g/mol. The van der Waals surface area contributed by atoms with Crippen LogP contribution in [0.25, 0.3) is 28.1 Å². The van der Waals surface area contributed by atoms with E-state index in [0.717, 1.165) is 21.2 Å². The number of carbonyl (C=O) groups excluding carboxylic acids is 1. The van der Waals surface area contributed by atoms with Crippen molar-refractivity contribution in [3.8, 4) is 17.1 Å². The van der Waals surface area contributed by atoms with Crippen molar-refractivity contribution in [3.63, 3.8) is 0 Å². The molecule has 2 heterocycles. The van der Waals surface area contributed by atoms with Crippen LogP contribution in [-0.2, 0) is 0 Å². The Morgan fingerprint density at radius 3 is 2.67 bits per heavy atom. The van der Waals surface area contributed by atoms with Crippen LogP contribution in [0, 0.1) is 0 Å². The van der Waals surface area contributed by atoms with Crippen LogP contribution >= 0.6 is 15.9 Å². The molecule has 2 aromatic carbocycles. The summed E-state index contributed by atoms with van der Waals surface area (Å²) in [5.74, 6) is 0.223. The van der Waals surface area contributed by atoms with Crippen LogP contribution in [0.2, 0.25) is 0 Å². The van der Waals surface area contributed by atoms with Gasteiger partial charge in [0.15, 0.2) is 0 Å². The van der Waals surface area contributed by atoms with E-state index < -0.39 is 5.91 Å². The lowest BCUT2D eigenvalue weighted by Crippen LogP contribution is -2.11. The van der Waals surface area contributed by atoms with Gasteiger partial charge in [-0.2, -0.15) is 0 Å². The zero-order chi connectivity index (χ0) is 16.7. The largest absolute Gasteiger partial charge is 0.366 e. The van der Waals surface area contributed by atoms with Crippen molar-refractivity contribution < 1.29 is 4.79 Å². The number of H-pyrrole nitrogens is 1. The number of hydrogen-bond donors (Lipinski definition) is 2. The van der Waals surface area contributed by atoms with E-state index in [1.54, 1.807) is 12.1 Å². The normalized spacial score (nSPS) is 11.0. The standard InChI is InChI=1S/C18H13BrN4O/c19-12-4-6-13(7-5-12)23-9-8-11(10-23)18-21-15-3-1-2-14(17(20)24)16(15)22-18/h1-10H,(H2,20,24)(H,21,22). The summed E-state index contributed by atoms with van der Waals surface area (Å²) in [5.41, 5.74) is 9.21. The molecule has 0 unspecified atom stereocenters. The molecule has 2 aromatic heterocycles. The molecule has 6 heteroatoms. The van der Waals surface area contributed by atoms with Gasteiger partial charge in [0, 0.05) is 28.1 Å². The van der Waals surface area contributed by atoms with E-state index in [2.05, 4.69) is 25.9 Å². The van der Waals surface area contributed by atoms with Gasteiger partial charge < -0.3 is 15.3 Å². The Kier molecular flexibility index (Phi) is 3.46. The predicted octanol–water partition coefficient (Wildman–Crippen LogP) is 3.88. The number of halogens is 1. The Morgan fingerprint density at radius 1 is 1.12 bits per heavy atom. The zero-order valence-electron chi connectivity index (χ0n) is 12.5. The first kappa shape index (κ1) is 14.7. The SMILES string of the molecule is NC(=O)c1cccc2[nH]c(-c3ccn(-c4ccc(Br)cc4)c3)nc12. The van der Waals surface area contributed by atoms with Crippen LogP contribution in [0.15, 0.2) is 65.4 Å². The second-order valence-electron chi connectivity index (χ2n) is 5.44. The van der Waals surface area contributed by atoms with Gasteiger partial charge >= 0.3 is 0 Å². The molecule has 0 aliphatic carbocycles. The molecule has 0 spiro atoms. The number of benzene rings is 2. The summed E-state index contributed by atoms with van der Waals surface area (Å²) in [5, 5.41) is 0. The van der Waals surface area contributed by atoms with Crippen molar-refractivity contribution in [2.75, 3.05) is 0 Å². The van der Waals surface area contributed by atoms with Crippen molar-refractivity contribution in [1.29, 1.82) is 0 Å².